The Hall–Kier alpha value is -0.390. The fourth-order valence-electron chi connectivity index (χ4n) is 0.948. The number of halogens is 1. The van der Waals surface area contributed by atoms with Crippen LogP contribution in [0.25, 0.3) is 0 Å². The molecule has 84 valence electrons. The predicted octanol–water partition coefficient (Wildman–Crippen LogP) is 2.12. The minimum Gasteiger partial charge on any atom is -0.350 e. The summed E-state index contributed by atoms with van der Waals surface area (Å²) in [6.45, 7) is 4.29. The summed E-state index contributed by atoms with van der Waals surface area (Å²) in [4.78, 5) is 12.8. The molecule has 0 bridgehead atoms. The van der Waals surface area contributed by atoms with Crippen molar-refractivity contribution in [3.05, 3.63) is 20.8 Å². The van der Waals surface area contributed by atoms with Gasteiger partial charge in [-0.3, -0.25) is 4.79 Å². The van der Waals surface area contributed by atoms with Gasteiger partial charge in [0.1, 0.15) is 0 Å². The molecule has 0 spiro atoms. The molecule has 0 atom stereocenters. The van der Waals surface area contributed by atoms with Crippen molar-refractivity contribution in [2.24, 2.45) is 0 Å². The van der Waals surface area contributed by atoms with E-state index >= 15 is 0 Å². The first-order valence-electron chi connectivity index (χ1n) is 4.66. The highest BCUT2D eigenvalue weighted by atomic mass is 79.9. The van der Waals surface area contributed by atoms with Gasteiger partial charge in [0.15, 0.2) is 0 Å². The fraction of sp³-hybridized carbons (Fsp3) is 0.500. The molecule has 1 aromatic rings. The van der Waals surface area contributed by atoms with E-state index in [0.717, 1.165) is 9.35 Å². The van der Waals surface area contributed by atoms with Crippen LogP contribution in [0.5, 0.6) is 0 Å². The van der Waals surface area contributed by atoms with Crippen molar-refractivity contribution >= 4 is 33.2 Å². The molecular weight excluding hydrogens is 276 g/mol. The summed E-state index contributed by atoms with van der Waals surface area (Å²) in [6.07, 6.45) is 0. The van der Waals surface area contributed by atoms with Crippen LogP contribution in [0.1, 0.15) is 18.7 Å². The van der Waals surface area contributed by atoms with Crippen LogP contribution in [-0.4, -0.2) is 18.5 Å². The third-order valence-corrected chi connectivity index (χ3v) is 3.94. The lowest BCUT2D eigenvalue weighted by molar-refractivity contribution is -0.126. The Morgan fingerprint density at radius 3 is 2.73 bits per heavy atom. The molecule has 5 heteroatoms. The average molecular weight is 291 g/mol. The van der Waals surface area contributed by atoms with Crippen LogP contribution in [0.3, 0.4) is 0 Å². The first-order valence-corrected chi connectivity index (χ1v) is 6.33. The van der Waals surface area contributed by atoms with E-state index in [1.165, 1.54) is 0 Å². The summed E-state index contributed by atoms with van der Waals surface area (Å²) < 4.78 is 1.06. The second-order valence-electron chi connectivity index (χ2n) is 3.79. The maximum Gasteiger partial charge on any atom is 0.240 e. The van der Waals surface area contributed by atoms with Crippen molar-refractivity contribution < 1.29 is 4.79 Å². The number of hydrogen-bond donors (Lipinski definition) is 2. The molecule has 0 fully saturated rings. The Bertz CT molecular complexity index is 349. The molecule has 0 saturated carbocycles. The van der Waals surface area contributed by atoms with Crippen molar-refractivity contribution in [1.29, 1.82) is 0 Å². The molecule has 0 aliphatic heterocycles. The van der Waals surface area contributed by atoms with Crippen LogP contribution in [-0.2, 0) is 11.3 Å². The van der Waals surface area contributed by atoms with E-state index in [-0.39, 0.29) is 5.91 Å². The van der Waals surface area contributed by atoms with Crippen molar-refractivity contribution in [1.82, 2.24) is 10.6 Å². The quantitative estimate of drug-likeness (QED) is 0.892. The maximum absolute atomic E-state index is 11.7. The topological polar surface area (TPSA) is 41.1 Å². The highest BCUT2D eigenvalue weighted by Crippen LogP contribution is 2.19. The van der Waals surface area contributed by atoms with Crippen molar-refractivity contribution in [3.8, 4) is 0 Å². The van der Waals surface area contributed by atoms with E-state index in [9.17, 15) is 4.79 Å². The van der Waals surface area contributed by atoms with Gasteiger partial charge in [-0.2, -0.15) is 0 Å². The lowest BCUT2D eigenvalue weighted by Gasteiger charge is -2.22. The summed E-state index contributed by atoms with van der Waals surface area (Å²) >= 11 is 5.01. The third-order valence-electron chi connectivity index (χ3n) is 2.24. The van der Waals surface area contributed by atoms with E-state index in [0.29, 0.717) is 6.54 Å². The highest BCUT2D eigenvalue weighted by molar-refractivity contribution is 9.10. The Balaban J connectivity index is 2.47. The second-order valence-corrected chi connectivity index (χ2v) is 5.70. The molecule has 3 nitrogen and oxygen atoms in total. The monoisotopic (exact) mass is 290 g/mol. The van der Waals surface area contributed by atoms with Gasteiger partial charge in [0.25, 0.3) is 0 Å². The number of likely N-dealkylation sites (N-methyl/N-ethyl adjacent to an activating group) is 1. The molecule has 0 aromatic carbocycles. The van der Waals surface area contributed by atoms with E-state index < -0.39 is 5.54 Å². The van der Waals surface area contributed by atoms with Crippen LogP contribution < -0.4 is 10.6 Å². The molecule has 0 saturated heterocycles. The van der Waals surface area contributed by atoms with Crippen LogP contribution in [0.2, 0.25) is 0 Å². The maximum atomic E-state index is 11.7. The zero-order valence-corrected chi connectivity index (χ0v) is 11.5. The van der Waals surface area contributed by atoms with E-state index in [4.69, 9.17) is 0 Å². The van der Waals surface area contributed by atoms with E-state index in [2.05, 4.69) is 26.6 Å². The molecule has 0 unspecified atom stereocenters. The lowest BCUT2D eigenvalue weighted by atomic mass is 10.1. The second kappa shape index (κ2) is 5.09. The average Bonchev–Trinajstić information content (AvgIpc) is 2.60. The summed E-state index contributed by atoms with van der Waals surface area (Å²) in [6, 6.07) is 2.01. The smallest absolute Gasteiger partial charge is 0.240 e. The molecule has 0 aliphatic carbocycles. The van der Waals surface area contributed by atoms with Gasteiger partial charge < -0.3 is 10.6 Å². The zero-order valence-electron chi connectivity index (χ0n) is 9.06. The number of rotatable bonds is 4. The van der Waals surface area contributed by atoms with Crippen LogP contribution in [0, 0.1) is 0 Å². The van der Waals surface area contributed by atoms with Gasteiger partial charge in [0.05, 0.1) is 12.1 Å². The highest BCUT2D eigenvalue weighted by Gasteiger charge is 2.24. The lowest BCUT2D eigenvalue weighted by Crippen LogP contribution is -2.50. The van der Waals surface area contributed by atoms with Gasteiger partial charge in [-0.05, 0) is 42.9 Å². The van der Waals surface area contributed by atoms with Crippen molar-refractivity contribution in [3.63, 3.8) is 0 Å². The van der Waals surface area contributed by atoms with Crippen LogP contribution >= 0.6 is 27.3 Å². The predicted molar refractivity (Wildman–Crippen MR) is 67.0 cm³/mol. The number of carbonyl (C=O) groups excluding carboxylic acids is 1. The van der Waals surface area contributed by atoms with Gasteiger partial charge in [-0.15, -0.1) is 11.3 Å². The normalized spacial score (nSPS) is 11.5. The Morgan fingerprint density at radius 1 is 1.60 bits per heavy atom. The number of hydrogen-bond acceptors (Lipinski definition) is 3. The molecular formula is C10H15BrN2OS. The van der Waals surface area contributed by atoms with Gasteiger partial charge >= 0.3 is 0 Å². The SMILES string of the molecule is CNC(C)(C)C(=O)NCc1cc(Br)cs1. The molecule has 15 heavy (non-hydrogen) atoms. The van der Waals surface area contributed by atoms with Gasteiger partial charge in [-0.1, -0.05) is 0 Å². The summed E-state index contributed by atoms with van der Waals surface area (Å²) in [5.41, 5.74) is -0.519. The van der Waals surface area contributed by atoms with Gasteiger partial charge in [0.2, 0.25) is 5.91 Å². The molecule has 1 rings (SSSR count). The first-order chi connectivity index (χ1) is 6.95. The van der Waals surface area contributed by atoms with Crippen LogP contribution in [0.15, 0.2) is 15.9 Å². The van der Waals surface area contributed by atoms with Gasteiger partial charge in [0, 0.05) is 14.7 Å². The summed E-state index contributed by atoms with van der Waals surface area (Å²) in [7, 11) is 1.78. The Kier molecular flexibility index (Phi) is 4.31. The zero-order chi connectivity index (χ0) is 11.5. The van der Waals surface area contributed by atoms with Crippen molar-refractivity contribution in [2.45, 2.75) is 25.9 Å². The molecule has 0 aliphatic rings. The molecule has 1 aromatic heterocycles. The Morgan fingerprint density at radius 2 is 2.27 bits per heavy atom. The third kappa shape index (κ3) is 3.59. The summed E-state index contributed by atoms with van der Waals surface area (Å²) in [5, 5.41) is 7.86. The molecule has 1 heterocycles. The summed E-state index contributed by atoms with van der Waals surface area (Å²) in [5.74, 6) is 0.00882. The van der Waals surface area contributed by atoms with E-state index in [1.807, 2.05) is 25.3 Å². The number of nitrogens with one attached hydrogen (secondary N) is 2. The largest absolute Gasteiger partial charge is 0.350 e. The van der Waals surface area contributed by atoms with E-state index in [1.54, 1.807) is 18.4 Å². The first kappa shape index (κ1) is 12.7. The minimum absolute atomic E-state index is 0.00882. The van der Waals surface area contributed by atoms with Crippen LogP contribution in [0.4, 0.5) is 0 Å². The minimum atomic E-state index is -0.519. The standard InChI is InChI=1S/C10H15BrN2OS/c1-10(2,12-3)9(14)13-5-8-4-7(11)6-15-8/h4,6,12H,5H2,1-3H3,(H,13,14). The molecule has 0 radical (unpaired) electrons. The Labute approximate surface area is 102 Å². The van der Waals surface area contributed by atoms with Gasteiger partial charge in [-0.25, -0.2) is 0 Å². The number of carbonyl (C=O) groups is 1. The number of thiophene rings is 1. The fourth-order valence-corrected chi connectivity index (χ4v) is 2.34. The van der Waals surface area contributed by atoms with Crippen molar-refractivity contribution in [2.75, 3.05) is 7.05 Å². The molecule has 1 amide bonds. The molecule has 2 N–H and O–H groups in total. The number of amides is 1.